The molecule has 0 saturated carbocycles. The van der Waals surface area contributed by atoms with Crippen molar-refractivity contribution in [3.05, 3.63) is 18.0 Å². The van der Waals surface area contributed by atoms with Crippen LogP contribution in [0.3, 0.4) is 0 Å². The zero-order chi connectivity index (χ0) is 10.7. The maximum atomic E-state index is 5.74. The van der Waals surface area contributed by atoms with Gasteiger partial charge in [-0.1, -0.05) is 6.92 Å². The number of rotatable bonds is 4. The molecule has 4 heteroatoms. The van der Waals surface area contributed by atoms with E-state index in [1.807, 2.05) is 17.9 Å². The van der Waals surface area contributed by atoms with Crippen molar-refractivity contribution in [3.8, 4) is 0 Å². The van der Waals surface area contributed by atoms with E-state index in [0.717, 1.165) is 19.6 Å². The van der Waals surface area contributed by atoms with Crippen molar-refractivity contribution in [1.82, 2.24) is 15.1 Å². The van der Waals surface area contributed by atoms with Gasteiger partial charge in [-0.05, 0) is 25.5 Å². The number of aromatic nitrogens is 2. The zero-order valence-electron chi connectivity index (χ0n) is 9.44. The van der Waals surface area contributed by atoms with Gasteiger partial charge in [0.25, 0.3) is 0 Å². The largest absolute Gasteiger partial charge is 0.376 e. The molecule has 0 radical (unpaired) electrons. The van der Waals surface area contributed by atoms with E-state index in [1.165, 1.54) is 12.1 Å². The Morgan fingerprint density at radius 3 is 3.13 bits per heavy atom. The second-order valence-electron chi connectivity index (χ2n) is 3.97. The Morgan fingerprint density at radius 2 is 2.60 bits per heavy atom. The van der Waals surface area contributed by atoms with E-state index in [0.29, 0.717) is 6.10 Å². The highest BCUT2D eigenvalue weighted by molar-refractivity contribution is 5.09. The van der Waals surface area contributed by atoms with Crippen LogP contribution in [0.2, 0.25) is 0 Å². The summed E-state index contributed by atoms with van der Waals surface area (Å²) in [5, 5.41) is 7.69. The quantitative estimate of drug-likeness (QED) is 0.811. The lowest BCUT2D eigenvalue weighted by atomic mass is 10.0. The summed E-state index contributed by atoms with van der Waals surface area (Å²) in [4.78, 5) is 0. The minimum atomic E-state index is 0.282. The lowest BCUT2D eigenvalue weighted by Crippen LogP contribution is -2.33. The van der Waals surface area contributed by atoms with Gasteiger partial charge in [0.15, 0.2) is 0 Å². The van der Waals surface area contributed by atoms with Gasteiger partial charge < -0.3 is 10.1 Å². The van der Waals surface area contributed by atoms with Crippen LogP contribution in [0.25, 0.3) is 0 Å². The molecule has 1 aliphatic heterocycles. The van der Waals surface area contributed by atoms with Gasteiger partial charge in [-0.3, -0.25) is 4.68 Å². The molecule has 2 heterocycles. The van der Waals surface area contributed by atoms with Crippen molar-refractivity contribution >= 4 is 0 Å². The monoisotopic (exact) mass is 209 g/mol. The first-order chi connectivity index (χ1) is 7.33. The van der Waals surface area contributed by atoms with Crippen LogP contribution in [0.15, 0.2) is 12.3 Å². The number of likely N-dealkylation sites (N-methyl/N-ethyl adjacent to an activating group) is 1. The summed E-state index contributed by atoms with van der Waals surface area (Å²) >= 11 is 0. The molecule has 4 nitrogen and oxygen atoms in total. The van der Waals surface area contributed by atoms with E-state index in [9.17, 15) is 0 Å². The summed E-state index contributed by atoms with van der Waals surface area (Å²) in [5.74, 6) is 0. The fourth-order valence-corrected chi connectivity index (χ4v) is 2.20. The van der Waals surface area contributed by atoms with Gasteiger partial charge >= 0.3 is 0 Å². The highest BCUT2D eigenvalue weighted by Gasteiger charge is 2.28. The summed E-state index contributed by atoms with van der Waals surface area (Å²) in [6.45, 7) is 3.97. The summed E-state index contributed by atoms with van der Waals surface area (Å²) in [6.07, 6.45) is 4.46. The lowest BCUT2D eigenvalue weighted by Gasteiger charge is -2.23. The molecule has 2 atom stereocenters. The minimum Gasteiger partial charge on any atom is -0.376 e. The van der Waals surface area contributed by atoms with Crippen molar-refractivity contribution in [2.45, 2.75) is 31.9 Å². The van der Waals surface area contributed by atoms with Crippen molar-refractivity contribution in [1.29, 1.82) is 0 Å². The van der Waals surface area contributed by atoms with Crippen LogP contribution in [-0.2, 0) is 11.8 Å². The highest BCUT2D eigenvalue weighted by atomic mass is 16.5. The van der Waals surface area contributed by atoms with E-state index < -0.39 is 0 Å². The topological polar surface area (TPSA) is 39.1 Å². The van der Waals surface area contributed by atoms with Crippen molar-refractivity contribution in [2.75, 3.05) is 13.2 Å². The van der Waals surface area contributed by atoms with Crippen LogP contribution in [0.1, 0.15) is 31.5 Å². The Hall–Kier alpha value is -0.870. The number of nitrogens with one attached hydrogen (secondary N) is 1. The normalized spacial score (nSPS) is 23.2. The van der Waals surface area contributed by atoms with E-state index in [-0.39, 0.29) is 6.04 Å². The minimum absolute atomic E-state index is 0.282. The van der Waals surface area contributed by atoms with Crippen LogP contribution < -0.4 is 5.32 Å². The van der Waals surface area contributed by atoms with Crippen LogP contribution in [0, 0.1) is 0 Å². The van der Waals surface area contributed by atoms with Gasteiger partial charge in [0.1, 0.15) is 0 Å². The third-order valence-electron chi connectivity index (χ3n) is 2.94. The molecule has 0 bridgehead atoms. The van der Waals surface area contributed by atoms with E-state index in [2.05, 4.69) is 23.4 Å². The van der Waals surface area contributed by atoms with Gasteiger partial charge in [0.05, 0.1) is 17.8 Å². The Labute approximate surface area is 90.6 Å². The molecule has 1 aromatic rings. The SMILES string of the molecule is CCNC(c1ccnn1C)C1CCCO1. The third kappa shape index (κ3) is 2.21. The van der Waals surface area contributed by atoms with Gasteiger partial charge in [-0.25, -0.2) is 0 Å². The molecule has 2 unspecified atom stereocenters. The number of ether oxygens (including phenoxy) is 1. The van der Waals surface area contributed by atoms with Crippen LogP contribution in [0.4, 0.5) is 0 Å². The molecule has 0 aromatic carbocycles. The van der Waals surface area contributed by atoms with E-state index >= 15 is 0 Å². The van der Waals surface area contributed by atoms with Crippen LogP contribution >= 0.6 is 0 Å². The smallest absolute Gasteiger partial charge is 0.0785 e. The Balaban J connectivity index is 2.15. The Bertz CT molecular complexity index is 305. The molecule has 1 aromatic heterocycles. The van der Waals surface area contributed by atoms with Crippen molar-refractivity contribution in [2.24, 2.45) is 7.05 Å². The molecule has 0 aliphatic carbocycles. The number of nitrogens with zero attached hydrogens (tertiary/aromatic N) is 2. The predicted molar refractivity (Wildman–Crippen MR) is 58.6 cm³/mol. The Morgan fingerprint density at radius 1 is 1.73 bits per heavy atom. The number of aryl methyl sites for hydroxylation is 1. The summed E-state index contributed by atoms with van der Waals surface area (Å²) < 4.78 is 7.67. The molecule has 1 saturated heterocycles. The second kappa shape index (κ2) is 4.77. The average Bonchev–Trinajstić information content (AvgIpc) is 2.85. The number of hydrogen-bond acceptors (Lipinski definition) is 3. The average molecular weight is 209 g/mol. The van der Waals surface area contributed by atoms with Crippen molar-refractivity contribution < 1.29 is 4.74 Å². The van der Waals surface area contributed by atoms with Gasteiger partial charge in [-0.15, -0.1) is 0 Å². The van der Waals surface area contributed by atoms with Gasteiger partial charge in [0.2, 0.25) is 0 Å². The molecule has 84 valence electrons. The second-order valence-corrected chi connectivity index (χ2v) is 3.97. The van der Waals surface area contributed by atoms with Crippen LogP contribution in [-0.4, -0.2) is 29.0 Å². The zero-order valence-corrected chi connectivity index (χ0v) is 9.44. The standard InChI is InChI=1S/C11H19N3O/c1-3-12-11(10-5-4-8-15-10)9-6-7-13-14(9)2/h6-7,10-12H,3-5,8H2,1-2H3. The molecule has 2 rings (SSSR count). The fraction of sp³-hybridized carbons (Fsp3) is 0.727. The molecule has 0 amide bonds. The summed E-state index contributed by atoms with van der Waals surface area (Å²) in [6, 6.07) is 2.35. The first-order valence-corrected chi connectivity index (χ1v) is 5.65. The van der Waals surface area contributed by atoms with Gasteiger partial charge in [-0.2, -0.15) is 5.10 Å². The molecule has 0 spiro atoms. The molecule has 15 heavy (non-hydrogen) atoms. The first kappa shape index (κ1) is 10.6. The highest BCUT2D eigenvalue weighted by Crippen LogP contribution is 2.26. The van der Waals surface area contributed by atoms with E-state index in [4.69, 9.17) is 4.74 Å². The molecular weight excluding hydrogens is 190 g/mol. The molecule has 1 aliphatic rings. The summed E-state index contributed by atoms with van der Waals surface area (Å²) in [7, 11) is 1.98. The predicted octanol–water partition coefficient (Wildman–Crippen LogP) is 1.25. The maximum absolute atomic E-state index is 5.74. The van der Waals surface area contributed by atoms with Crippen LogP contribution in [0.5, 0.6) is 0 Å². The maximum Gasteiger partial charge on any atom is 0.0785 e. The Kier molecular flexibility index (Phi) is 3.38. The molecule has 1 N–H and O–H groups in total. The fourth-order valence-electron chi connectivity index (χ4n) is 2.20. The third-order valence-corrected chi connectivity index (χ3v) is 2.94. The molecule has 1 fully saturated rings. The van der Waals surface area contributed by atoms with Crippen molar-refractivity contribution in [3.63, 3.8) is 0 Å². The molecular formula is C11H19N3O. The van der Waals surface area contributed by atoms with E-state index in [1.54, 1.807) is 0 Å². The first-order valence-electron chi connectivity index (χ1n) is 5.65. The number of hydrogen-bond donors (Lipinski definition) is 1. The summed E-state index contributed by atoms with van der Waals surface area (Å²) in [5.41, 5.74) is 1.21. The van der Waals surface area contributed by atoms with Gasteiger partial charge in [0, 0.05) is 19.9 Å². The lowest BCUT2D eigenvalue weighted by molar-refractivity contribution is 0.0763.